The molecule has 0 radical (unpaired) electrons. The maximum Gasteiger partial charge on any atom is 0.143 e. The maximum atomic E-state index is 9.23. The molecule has 0 fully saturated rings. The molecule has 0 saturated heterocycles. The number of hydrogen-bond donors (Lipinski definition) is 0. The van der Waals surface area contributed by atoms with Gasteiger partial charge >= 0.3 is 0 Å². The van der Waals surface area contributed by atoms with Gasteiger partial charge in [0.1, 0.15) is 11.2 Å². The highest BCUT2D eigenvalue weighted by atomic mass is 16.3. The van der Waals surface area contributed by atoms with E-state index in [2.05, 4.69) is 30.3 Å². The van der Waals surface area contributed by atoms with Gasteiger partial charge in [-0.2, -0.15) is 0 Å². The summed E-state index contributed by atoms with van der Waals surface area (Å²) in [4.78, 5) is 0. The molecule has 0 unspecified atom stereocenters. The monoisotopic (exact) mass is 553 g/mol. The second-order valence-electron chi connectivity index (χ2n) is 10.7. The molecule has 0 saturated carbocycles. The van der Waals surface area contributed by atoms with Crippen LogP contribution in [0.3, 0.4) is 0 Å². The molecule has 1 heterocycles. The molecule has 43 heavy (non-hydrogen) atoms. The lowest BCUT2D eigenvalue weighted by Gasteiger charge is -2.20. The highest BCUT2D eigenvalue weighted by Crippen LogP contribution is 2.49. The normalized spacial score (nSPS) is 14.0. The molecule has 9 aromatic rings. The molecule has 8 aromatic carbocycles. The Balaban J connectivity index is 1.50. The quantitative estimate of drug-likeness (QED) is 0.198. The zero-order valence-corrected chi connectivity index (χ0v) is 22.9. The molecule has 0 aliphatic carbocycles. The topological polar surface area (TPSA) is 13.1 Å². The van der Waals surface area contributed by atoms with Crippen molar-refractivity contribution in [3.05, 3.63) is 158 Å². The summed E-state index contributed by atoms with van der Waals surface area (Å²) in [7, 11) is 0. The minimum Gasteiger partial charge on any atom is -0.455 e. The standard InChI is InChI=1S/C42H26O/c1-2-14-28(15-3-1)39-37(26-25-36-30-18-10-11-24-38(30)43-42(36)39)41-34-21-8-6-19-32(34)40(33-20-7-9-22-35(33)41)31-23-12-16-27-13-4-5-17-29(27)31/h1-26H/i4D,5D,12D,13D,16D,17D,23D. The summed E-state index contributed by atoms with van der Waals surface area (Å²) in [5.41, 5.74) is 6.18. The van der Waals surface area contributed by atoms with Gasteiger partial charge in [0.25, 0.3) is 0 Å². The van der Waals surface area contributed by atoms with Crippen LogP contribution in [-0.4, -0.2) is 0 Å². The van der Waals surface area contributed by atoms with E-state index in [9.17, 15) is 1.37 Å². The van der Waals surface area contributed by atoms with Gasteiger partial charge in [-0.25, -0.2) is 0 Å². The Bertz CT molecular complexity index is 2830. The fourth-order valence-electron chi connectivity index (χ4n) is 6.58. The first-order valence-corrected chi connectivity index (χ1v) is 14.2. The lowest BCUT2D eigenvalue weighted by molar-refractivity contribution is 0.670. The Kier molecular flexibility index (Phi) is 3.95. The second kappa shape index (κ2) is 9.44. The Morgan fingerprint density at radius 1 is 0.395 bits per heavy atom. The van der Waals surface area contributed by atoms with Crippen LogP contribution in [0.4, 0.5) is 0 Å². The predicted molar refractivity (Wildman–Crippen MR) is 183 cm³/mol. The van der Waals surface area contributed by atoms with Crippen LogP contribution in [0.15, 0.2) is 162 Å². The van der Waals surface area contributed by atoms with Crippen LogP contribution in [0.1, 0.15) is 9.60 Å². The predicted octanol–water partition coefficient (Wildman–Crippen LogP) is 12.0. The van der Waals surface area contributed by atoms with Crippen molar-refractivity contribution >= 4 is 54.3 Å². The zero-order chi connectivity index (χ0) is 34.4. The molecule has 0 spiro atoms. The van der Waals surface area contributed by atoms with Crippen molar-refractivity contribution < 1.29 is 14.0 Å². The molecule has 9 rings (SSSR count). The Morgan fingerprint density at radius 2 is 0.977 bits per heavy atom. The van der Waals surface area contributed by atoms with Crippen molar-refractivity contribution in [3.63, 3.8) is 0 Å². The van der Waals surface area contributed by atoms with Crippen molar-refractivity contribution in [2.24, 2.45) is 0 Å². The van der Waals surface area contributed by atoms with E-state index in [0.29, 0.717) is 5.56 Å². The molecule has 0 amide bonds. The largest absolute Gasteiger partial charge is 0.455 e. The summed E-state index contributed by atoms with van der Waals surface area (Å²) < 4.78 is 67.9. The van der Waals surface area contributed by atoms with E-state index in [1.165, 1.54) is 0 Å². The molecule has 0 atom stereocenters. The molecule has 0 N–H and O–H groups in total. The van der Waals surface area contributed by atoms with Crippen LogP contribution in [0.5, 0.6) is 0 Å². The number of hydrogen-bond acceptors (Lipinski definition) is 1. The van der Waals surface area contributed by atoms with Crippen molar-refractivity contribution in [2.45, 2.75) is 0 Å². The van der Waals surface area contributed by atoms with Gasteiger partial charge in [-0.15, -0.1) is 0 Å². The third-order valence-electron chi connectivity index (χ3n) is 8.37. The summed E-state index contributed by atoms with van der Waals surface area (Å²) in [5.74, 6) is 0. The van der Waals surface area contributed by atoms with E-state index < -0.39 is 30.2 Å². The minimum atomic E-state index is -0.474. The Hall–Kier alpha value is -5.66. The van der Waals surface area contributed by atoms with Gasteiger partial charge in [-0.3, -0.25) is 0 Å². The highest BCUT2D eigenvalue weighted by Gasteiger charge is 2.22. The van der Waals surface area contributed by atoms with Crippen LogP contribution in [0, 0.1) is 0 Å². The fraction of sp³-hybridized carbons (Fsp3) is 0. The first kappa shape index (κ1) is 18.0. The van der Waals surface area contributed by atoms with Gasteiger partial charge in [0.05, 0.1) is 9.60 Å². The molecule has 0 aliphatic heterocycles. The van der Waals surface area contributed by atoms with Crippen molar-refractivity contribution in [2.75, 3.05) is 0 Å². The van der Waals surface area contributed by atoms with Gasteiger partial charge in [0.15, 0.2) is 0 Å². The molecule has 1 nitrogen and oxygen atoms in total. The van der Waals surface area contributed by atoms with Gasteiger partial charge < -0.3 is 4.42 Å². The van der Waals surface area contributed by atoms with Gasteiger partial charge in [-0.1, -0.05) is 145 Å². The first-order valence-electron chi connectivity index (χ1n) is 17.7. The molecule has 1 aromatic heterocycles. The Labute approximate surface area is 259 Å². The maximum absolute atomic E-state index is 9.23. The summed E-state index contributed by atoms with van der Waals surface area (Å²) in [6, 6.07) is 35.4. The zero-order valence-electron chi connectivity index (χ0n) is 29.9. The number of benzene rings is 8. The average Bonchev–Trinajstić information content (AvgIpc) is 3.53. The number of furan rings is 1. The average molecular weight is 554 g/mol. The van der Waals surface area contributed by atoms with E-state index in [0.717, 1.165) is 65.7 Å². The molecular weight excluding hydrogens is 520 g/mol. The Morgan fingerprint density at radius 3 is 1.70 bits per heavy atom. The van der Waals surface area contributed by atoms with Crippen molar-refractivity contribution in [3.8, 4) is 33.4 Å². The van der Waals surface area contributed by atoms with Crippen LogP contribution in [0.25, 0.3) is 87.6 Å². The SMILES string of the molecule is [2H]c1c([2H])c([2H])c2c(-c3c4ccccc4c(-c4ccc5c(oc6ccccc65)c4-c4ccccc4)c4ccccc34)c([2H])c([2H])c([2H])c2c1[2H]. The van der Waals surface area contributed by atoms with E-state index >= 15 is 0 Å². The highest BCUT2D eigenvalue weighted by molar-refractivity contribution is 6.25. The molecule has 0 aliphatic rings. The third kappa shape index (κ3) is 3.58. The van der Waals surface area contributed by atoms with Crippen molar-refractivity contribution in [1.82, 2.24) is 0 Å². The number of fused-ring (bicyclic) bond motifs is 6. The van der Waals surface area contributed by atoms with Crippen LogP contribution in [0.2, 0.25) is 0 Å². The van der Waals surface area contributed by atoms with E-state index in [1.54, 1.807) is 0 Å². The van der Waals surface area contributed by atoms with Gasteiger partial charge in [0.2, 0.25) is 0 Å². The lowest BCUT2D eigenvalue weighted by Crippen LogP contribution is -1.93. The summed E-state index contributed by atoms with van der Waals surface area (Å²) in [5, 5.41) is 5.27. The second-order valence-corrected chi connectivity index (χ2v) is 10.7. The summed E-state index contributed by atoms with van der Waals surface area (Å²) in [6.07, 6.45) is 0. The molecule has 0 bridgehead atoms. The fourth-order valence-corrected chi connectivity index (χ4v) is 6.58. The van der Waals surface area contributed by atoms with Crippen molar-refractivity contribution in [1.29, 1.82) is 0 Å². The summed E-state index contributed by atoms with van der Waals surface area (Å²) >= 11 is 0. The lowest BCUT2D eigenvalue weighted by atomic mass is 9.82. The van der Waals surface area contributed by atoms with Crippen LogP contribution < -0.4 is 0 Å². The molecule has 1 heteroatoms. The molecule has 200 valence electrons. The number of para-hydroxylation sites is 1. The smallest absolute Gasteiger partial charge is 0.143 e. The van der Waals surface area contributed by atoms with E-state index in [-0.39, 0.29) is 28.4 Å². The molecular formula is C42H26O. The van der Waals surface area contributed by atoms with Crippen LogP contribution >= 0.6 is 0 Å². The number of rotatable bonds is 3. The van der Waals surface area contributed by atoms with Crippen LogP contribution in [-0.2, 0) is 0 Å². The van der Waals surface area contributed by atoms with Gasteiger partial charge in [0, 0.05) is 16.3 Å². The van der Waals surface area contributed by atoms with E-state index in [4.69, 9.17) is 12.6 Å². The first-order chi connectivity index (χ1) is 24.3. The minimum absolute atomic E-state index is 0.0639. The van der Waals surface area contributed by atoms with E-state index in [1.807, 2.05) is 84.9 Å². The third-order valence-corrected chi connectivity index (χ3v) is 8.37. The van der Waals surface area contributed by atoms with Gasteiger partial charge in [-0.05, 0) is 72.3 Å². The summed E-state index contributed by atoms with van der Waals surface area (Å²) in [6.45, 7) is 0.